The van der Waals surface area contributed by atoms with Crippen molar-refractivity contribution in [2.45, 2.75) is 19.4 Å². The van der Waals surface area contributed by atoms with E-state index in [-0.39, 0.29) is 11.8 Å². The molecule has 0 radical (unpaired) electrons. The second-order valence-electron chi connectivity index (χ2n) is 4.60. The van der Waals surface area contributed by atoms with Gasteiger partial charge in [0.1, 0.15) is 4.92 Å². The molecule has 0 saturated carbocycles. The Labute approximate surface area is 125 Å². The maximum absolute atomic E-state index is 11.9. The van der Waals surface area contributed by atoms with Crippen LogP contribution >= 0.6 is 11.6 Å². The van der Waals surface area contributed by atoms with Gasteiger partial charge < -0.3 is 9.73 Å². The molecule has 0 spiro atoms. The first kappa shape index (κ1) is 15.1. The van der Waals surface area contributed by atoms with E-state index in [9.17, 15) is 14.9 Å². The van der Waals surface area contributed by atoms with Crippen LogP contribution in [0.3, 0.4) is 0 Å². The van der Waals surface area contributed by atoms with Crippen molar-refractivity contribution in [3.05, 3.63) is 62.9 Å². The summed E-state index contributed by atoms with van der Waals surface area (Å²) in [6.45, 7) is 1.83. The molecule has 0 fully saturated rings. The fraction of sp³-hybridized carbons (Fsp3) is 0.214. The van der Waals surface area contributed by atoms with E-state index in [4.69, 9.17) is 16.0 Å². The lowest BCUT2D eigenvalue weighted by Crippen LogP contribution is -2.33. The molecule has 0 aliphatic heterocycles. The smallest absolute Gasteiger partial charge is 0.395 e. The third-order valence-electron chi connectivity index (χ3n) is 2.80. The Bertz CT molecular complexity index is 668. The standard InChI is InChI=1S/C14H13ClN2O4/c1-9(7-10-3-2-4-11(15)8-10)16-14(18)12-5-6-13(21-12)17(19)20/h2-6,8-9H,7H2,1H3,(H,16,18). The van der Waals surface area contributed by atoms with Crippen LogP contribution < -0.4 is 5.32 Å². The highest BCUT2D eigenvalue weighted by atomic mass is 35.5. The Balaban J connectivity index is 1.96. The minimum absolute atomic E-state index is 0.0837. The first-order chi connectivity index (χ1) is 9.95. The monoisotopic (exact) mass is 308 g/mol. The summed E-state index contributed by atoms with van der Waals surface area (Å²) in [7, 11) is 0. The van der Waals surface area contributed by atoms with Crippen molar-refractivity contribution in [2.75, 3.05) is 0 Å². The van der Waals surface area contributed by atoms with Gasteiger partial charge in [-0.05, 0) is 37.1 Å². The van der Waals surface area contributed by atoms with Crippen molar-refractivity contribution in [1.29, 1.82) is 0 Å². The highest BCUT2D eigenvalue weighted by Gasteiger charge is 2.18. The number of hydrogen-bond acceptors (Lipinski definition) is 4. The van der Waals surface area contributed by atoms with Crippen molar-refractivity contribution < 1.29 is 14.1 Å². The Morgan fingerprint density at radius 1 is 1.43 bits per heavy atom. The second-order valence-corrected chi connectivity index (χ2v) is 5.04. The van der Waals surface area contributed by atoms with Crippen molar-refractivity contribution in [3.63, 3.8) is 0 Å². The van der Waals surface area contributed by atoms with Gasteiger partial charge in [0.05, 0.1) is 6.07 Å². The lowest BCUT2D eigenvalue weighted by molar-refractivity contribution is -0.402. The van der Waals surface area contributed by atoms with E-state index in [0.717, 1.165) is 11.6 Å². The first-order valence-electron chi connectivity index (χ1n) is 6.25. The molecular formula is C14H13ClN2O4. The van der Waals surface area contributed by atoms with Crippen LogP contribution in [0.4, 0.5) is 5.88 Å². The molecule has 0 aliphatic carbocycles. The predicted molar refractivity (Wildman–Crippen MR) is 77.4 cm³/mol. The summed E-state index contributed by atoms with van der Waals surface area (Å²) in [4.78, 5) is 21.7. The SMILES string of the molecule is CC(Cc1cccc(Cl)c1)NC(=O)c1ccc([N+](=O)[O-])o1. The molecule has 1 unspecified atom stereocenters. The molecule has 21 heavy (non-hydrogen) atoms. The zero-order valence-electron chi connectivity index (χ0n) is 11.2. The number of carbonyl (C=O) groups excluding carboxylic acids is 1. The van der Waals surface area contributed by atoms with Crippen LogP contribution in [0.1, 0.15) is 23.0 Å². The summed E-state index contributed by atoms with van der Waals surface area (Å²) in [6, 6.07) is 9.60. The third kappa shape index (κ3) is 4.06. The van der Waals surface area contributed by atoms with Gasteiger partial charge in [0.2, 0.25) is 0 Å². The predicted octanol–water partition coefficient (Wildman–Crippen LogP) is 3.20. The van der Waals surface area contributed by atoms with Crippen LogP contribution in [0.5, 0.6) is 0 Å². The van der Waals surface area contributed by atoms with Crippen LogP contribution in [0.15, 0.2) is 40.8 Å². The lowest BCUT2D eigenvalue weighted by Gasteiger charge is -2.13. The van der Waals surface area contributed by atoms with E-state index in [0.29, 0.717) is 11.4 Å². The fourth-order valence-corrected chi connectivity index (χ4v) is 2.12. The molecule has 1 atom stereocenters. The number of benzene rings is 1. The summed E-state index contributed by atoms with van der Waals surface area (Å²) >= 11 is 5.90. The number of nitrogens with zero attached hydrogens (tertiary/aromatic N) is 1. The number of rotatable bonds is 5. The molecule has 1 aromatic heterocycles. The molecule has 0 aliphatic rings. The van der Waals surface area contributed by atoms with Gasteiger partial charge >= 0.3 is 5.88 Å². The summed E-state index contributed by atoms with van der Waals surface area (Å²) in [5, 5.41) is 13.8. The summed E-state index contributed by atoms with van der Waals surface area (Å²) < 4.78 is 4.84. The summed E-state index contributed by atoms with van der Waals surface area (Å²) in [5.41, 5.74) is 0.987. The van der Waals surface area contributed by atoms with Gasteiger partial charge in [0, 0.05) is 11.1 Å². The largest absolute Gasteiger partial charge is 0.433 e. The van der Waals surface area contributed by atoms with Crippen LogP contribution in [0.2, 0.25) is 5.02 Å². The molecule has 0 bridgehead atoms. The summed E-state index contributed by atoms with van der Waals surface area (Å²) in [6.07, 6.45) is 0.592. The van der Waals surface area contributed by atoms with E-state index >= 15 is 0 Å². The molecule has 0 saturated heterocycles. The highest BCUT2D eigenvalue weighted by molar-refractivity contribution is 6.30. The molecule has 110 valence electrons. The number of halogens is 1. The average molecular weight is 309 g/mol. The molecule has 1 N–H and O–H groups in total. The molecule has 1 aromatic carbocycles. The van der Waals surface area contributed by atoms with Gasteiger partial charge in [0.15, 0.2) is 5.76 Å². The fourth-order valence-electron chi connectivity index (χ4n) is 1.91. The van der Waals surface area contributed by atoms with Crippen molar-refractivity contribution >= 4 is 23.4 Å². The van der Waals surface area contributed by atoms with Crippen LogP contribution in [0, 0.1) is 10.1 Å². The molecule has 1 amide bonds. The van der Waals surface area contributed by atoms with Crippen LogP contribution in [-0.4, -0.2) is 16.9 Å². The third-order valence-corrected chi connectivity index (χ3v) is 3.04. The normalized spacial score (nSPS) is 11.9. The van der Waals surface area contributed by atoms with E-state index in [1.807, 2.05) is 25.1 Å². The Hall–Kier alpha value is -2.34. The van der Waals surface area contributed by atoms with E-state index in [2.05, 4.69) is 5.32 Å². The summed E-state index contributed by atoms with van der Waals surface area (Å²) in [5.74, 6) is -1.03. The van der Waals surface area contributed by atoms with Crippen LogP contribution in [-0.2, 0) is 6.42 Å². The van der Waals surface area contributed by atoms with Gasteiger partial charge in [-0.1, -0.05) is 23.7 Å². The maximum atomic E-state index is 11.9. The second kappa shape index (κ2) is 6.41. The Kier molecular flexibility index (Phi) is 4.59. The number of hydrogen-bond donors (Lipinski definition) is 1. The topological polar surface area (TPSA) is 85.4 Å². The Morgan fingerprint density at radius 2 is 2.19 bits per heavy atom. The highest BCUT2D eigenvalue weighted by Crippen LogP contribution is 2.16. The van der Waals surface area contributed by atoms with Gasteiger partial charge in [0.25, 0.3) is 5.91 Å². The van der Waals surface area contributed by atoms with Crippen LogP contribution in [0.25, 0.3) is 0 Å². The average Bonchev–Trinajstić information content (AvgIpc) is 2.88. The number of carbonyl (C=O) groups is 1. The molecule has 1 heterocycles. The molecular weight excluding hydrogens is 296 g/mol. The number of nitro groups is 1. The first-order valence-corrected chi connectivity index (χ1v) is 6.63. The van der Waals surface area contributed by atoms with E-state index in [1.165, 1.54) is 6.07 Å². The molecule has 2 rings (SSSR count). The maximum Gasteiger partial charge on any atom is 0.433 e. The number of nitrogens with one attached hydrogen (secondary N) is 1. The van der Waals surface area contributed by atoms with Gasteiger partial charge in [-0.3, -0.25) is 14.9 Å². The van der Waals surface area contributed by atoms with Crippen molar-refractivity contribution in [1.82, 2.24) is 5.32 Å². The lowest BCUT2D eigenvalue weighted by atomic mass is 10.1. The van der Waals surface area contributed by atoms with Crippen molar-refractivity contribution in [3.8, 4) is 0 Å². The van der Waals surface area contributed by atoms with E-state index < -0.39 is 16.7 Å². The zero-order chi connectivity index (χ0) is 15.4. The zero-order valence-corrected chi connectivity index (χ0v) is 12.0. The number of furan rings is 1. The molecule has 2 aromatic rings. The van der Waals surface area contributed by atoms with E-state index in [1.54, 1.807) is 6.07 Å². The number of amides is 1. The van der Waals surface area contributed by atoms with Gasteiger partial charge in [-0.25, -0.2) is 0 Å². The van der Waals surface area contributed by atoms with Gasteiger partial charge in [-0.15, -0.1) is 0 Å². The quantitative estimate of drug-likeness (QED) is 0.679. The minimum Gasteiger partial charge on any atom is -0.395 e. The van der Waals surface area contributed by atoms with Crippen molar-refractivity contribution in [2.24, 2.45) is 0 Å². The van der Waals surface area contributed by atoms with Gasteiger partial charge in [-0.2, -0.15) is 0 Å². The minimum atomic E-state index is -0.688. The molecule has 7 heteroatoms. The Morgan fingerprint density at radius 3 is 2.81 bits per heavy atom. The molecule has 6 nitrogen and oxygen atoms in total.